The van der Waals surface area contributed by atoms with E-state index in [1.807, 2.05) is 0 Å². The molecule has 0 unspecified atom stereocenters. The van der Waals surface area contributed by atoms with E-state index < -0.39 is 35.2 Å². The number of alkyl halides is 2. The van der Waals surface area contributed by atoms with Gasteiger partial charge in [-0.3, -0.25) is 0 Å². The number of ether oxygens (including phenoxy) is 1. The Morgan fingerprint density at radius 2 is 2.12 bits per heavy atom. The molecule has 0 heterocycles. The minimum Gasteiger partial charge on any atom is -0.508 e. The molecule has 2 N–H and O–H groups in total. The molecule has 7 heteroatoms. The summed E-state index contributed by atoms with van der Waals surface area (Å²) < 4.78 is 27.8. The molecule has 0 aliphatic carbocycles. The maximum atomic E-state index is 11.9. The van der Waals surface area contributed by atoms with Crippen LogP contribution in [0.25, 0.3) is 0 Å². The molecule has 0 radical (unpaired) electrons. The number of halogens is 2. The van der Waals surface area contributed by atoms with Gasteiger partial charge in [-0.1, -0.05) is 0 Å². The summed E-state index contributed by atoms with van der Waals surface area (Å²) >= 11 is 0. The van der Waals surface area contributed by atoms with Crippen LogP contribution in [0.1, 0.15) is 15.9 Å². The van der Waals surface area contributed by atoms with Crippen molar-refractivity contribution in [2.75, 3.05) is 0 Å². The van der Waals surface area contributed by atoms with Crippen LogP contribution in [-0.2, 0) is 0 Å². The van der Waals surface area contributed by atoms with Gasteiger partial charge in [0.05, 0.1) is 5.56 Å². The molecule has 0 saturated heterocycles. The normalized spacial score (nSPS) is 9.88. The van der Waals surface area contributed by atoms with Crippen molar-refractivity contribution in [3.63, 3.8) is 0 Å². The Morgan fingerprint density at radius 1 is 1.50 bits per heavy atom. The Hall–Kier alpha value is -2.36. The van der Waals surface area contributed by atoms with Gasteiger partial charge in [0.1, 0.15) is 23.1 Å². The van der Waals surface area contributed by atoms with Crippen molar-refractivity contribution in [2.45, 2.75) is 6.61 Å². The molecule has 16 heavy (non-hydrogen) atoms. The van der Waals surface area contributed by atoms with E-state index in [1.165, 1.54) is 6.07 Å². The number of benzene rings is 1. The highest BCUT2D eigenvalue weighted by Gasteiger charge is 2.19. The molecule has 84 valence electrons. The predicted octanol–water partition coefficient (Wildman–Crippen LogP) is 1.56. The van der Waals surface area contributed by atoms with E-state index in [0.717, 1.165) is 12.1 Å². The topological polar surface area (TPSA) is 90.5 Å². The van der Waals surface area contributed by atoms with Crippen molar-refractivity contribution in [1.29, 1.82) is 5.26 Å². The van der Waals surface area contributed by atoms with E-state index in [-0.39, 0.29) is 0 Å². The molecule has 0 amide bonds. The zero-order valence-electron chi connectivity index (χ0n) is 7.65. The summed E-state index contributed by atoms with van der Waals surface area (Å²) in [7, 11) is 0. The Labute approximate surface area is 88.1 Å². The van der Waals surface area contributed by atoms with Crippen molar-refractivity contribution >= 4 is 5.97 Å². The van der Waals surface area contributed by atoms with Gasteiger partial charge in [0, 0.05) is 6.07 Å². The minimum atomic E-state index is -3.21. The first-order valence-corrected chi connectivity index (χ1v) is 3.91. The number of phenolic OH excluding ortho intramolecular Hbond substituents is 1. The number of carboxylic acids is 1. The van der Waals surface area contributed by atoms with Crippen molar-refractivity contribution in [1.82, 2.24) is 0 Å². The average molecular weight is 229 g/mol. The third kappa shape index (κ3) is 2.36. The summed E-state index contributed by atoms with van der Waals surface area (Å²) in [5.74, 6) is -2.77. The third-order valence-corrected chi connectivity index (χ3v) is 1.65. The smallest absolute Gasteiger partial charge is 0.387 e. The fourth-order valence-corrected chi connectivity index (χ4v) is 1.07. The quantitative estimate of drug-likeness (QED) is 0.820. The second kappa shape index (κ2) is 4.44. The van der Waals surface area contributed by atoms with E-state index in [4.69, 9.17) is 15.5 Å². The SMILES string of the molecule is N#Cc1c(OC(F)F)cc(O)cc1C(=O)O. The molecule has 1 aromatic rings. The van der Waals surface area contributed by atoms with Crippen LogP contribution in [0.15, 0.2) is 12.1 Å². The Bertz CT molecular complexity index is 467. The lowest BCUT2D eigenvalue weighted by Gasteiger charge is -2.08. The van der Waals surface area contributed by atoms with Crippen molar-refractivity contribution in [3.8, 4) is 17.6 Å². The molecule has 0 spiro atoms. The number of phenols is 1. The maximum Gasteiger partial charge on any atom is 0.387 e. The highest BCUT2D eigenvalue weighted by molar-refractivity contribution is 5.92. The molecule has 0 atom stereocenters. The van der Waals surface area contributed by atoms with Crippen LogP contribution < -0.4 is 4.74 Å². The van der Waals surface area contributed by atoms with Crippen LogP contribution in [-0.4, -0.2) is 22.8 Å². The Morgan fingerprint density at radius 3 is 2.56 bits per heavy atom. The molecule has 0 aromatic heterocycles. The number of carbonyl (C=O) groups is 1. The average Bonchev–Trinajstić information content (AvgIpc) is 2.15. The summed E-state index contributed by atoms with van der Waals surface area (Å²) in [5.41, 5.74) is -1.16. The number of rotatable bonds is 3. The number of aromatic hydroxyl groups is 1. The monoisotopic (exact) mass is 229 g/mol. The van der Waals surface area contributed by atoms with E-state index in [1.54, 1.807) is 0 Å². The van der Waals surface area contributed by atoms with Gasteiger partial charge in [-0.25, -0.2) is 4.79 Å². The molecular formula is C9H5F2NO4. The van der Waals surface area contributed by atoms with Gasteiger partial charge in [0.15, 0.2) is 0 Å². The van der Waals surface area contributed by atoms with Gasteiger partial charge in [-0.15, -0.1) is 0 Å². The molecule has 0 saturated carbocycles. The van der Waals surface area contributed by atoms with Gasteiger partial charge >= 0.3 is 12.6 Å². The lowest BCUT2D eigenvalue weighted by atomic mass is 10.1. The first-order valence-electron chi connectivity index (χ1n) is 3.91. The molecule has 1 rings (SSSR count). The highest BCUT2D eigenvalue weighted by atomic mass is 19.3. The van der Waals surface area contributed by atoms with Crippen LogP contribution in [0, 0.1) is 11.3 Å². The maximum absolute atomic E-state index is 11.9. The zero-order chi connectivity index (χ0) is 12.3. The largest absolute Gasteiger partial charge is 0.508 e. The summed E-state index contributed by atoms with van der Waals surface area (Å²) in [5, 5.41) is 26.4. The fourth-order valence-electron chi connectivity index (χ4n) is 1.07. The van der Waals surface area contributed by atoms with E-state index >= 15 is 0 Å². The van der Waals surface area contributed by atoms with Crippen LogP contribution >= 0.6 is 0 Å². The van der Waals surface area contributed by atoms with Gasteiger partial charge in [0.25, 0.3) is 0 Å². The van der Waals surface area contributed by atoms with Crippen molar-refractivity contribution < 1.29 is 28.5 Å². The predicted molar refractivity (Wildman–Crippen MR) is 46.4 cm³/mol. The summed E-state index contributed by atoms with van der Waals surface area (Å²) in [4.78, 5) is 10.7. The molecule has 1 aromatic carbocycles. The van der Waals surface area contributed by atoms with Crippen LogP contribution in [0.5, 0.6) is 11.5 Å². The second-order valence-electron chi connectivity index (χ2n) is 2.66. The number of hydrogen-bond donors (Lipinski definition) is 2. The van der Waals surface area contributed by atoms with Gasteiger partial charge in [-0.2, -0.15) is 14.0 Å². The third-order valence-electron chi connectivity index (χ3n) is 1.65. The lowest BCUT2D eigenvalue weighted by molar-refractivity contribution is -0.0501. The number of nitrogens with zero attached hydrogens (tertiary/aromatic N) is 1. The molecule has 5 nitrogen and oxygen atoms in total. The first kappa shape index (κ1) is 11.7. The van der Waals surface area contributed by atoms with Gasteiger partial charge in [0.2, 0.25) is 0 Å². The van der Waals surface area contributed by atoms with Crippen LogP contribution in [0.2, 0.25) is 0 Å². The molecule has 0 aliphatic heterocycles. The Balaban J connectivity index is 3.37. The van der Waals surface area contributed by atoms with E-state index in [0.29, 0.717) is 0 Å². The molecule has 0 bridgehead atoms. The minimum absolute atomic E-state index is 0.564. The lowest BCUT2D eigenvalue weighted by Crippen LogP contribution is -2.07. The van der Waals surface area contributed by atoms with Crippen molar-refractivity contribution in [3.05, 3.63) is 23.3 Å². The number of nitriles is 1. The number of hydrogen-bond acceptors (Lipinski definition) is 4. The standard InChI is InChI=1S/C9H5F2NO4/c10-9(11)16-7-2-4(13)1-5(8(14)15)6(7)3-12/h1-2,9,13H,(H,14,15). The van der Waals surface area contributed by atoms with Crippen LogP contribution in [0.3, 0.4) is 0 Å². The Kier molecular flexibility index (Phi) is 3.25. The zero-order valence-corrected chi connectivity index (χ0v) is 7.65. The van der Waals surface area contributed by atoms with Crippen molar-refractivity contribution in [2.24, 2.45) is 0 Å². The molecule has 0 fully saturated rings. The highest BCUT2D eigenvalue weighted by Crippen LogP contribution is 2.28. The number of carboxylic acid groups (broad SMARTS) is 1. The van der Waals surface area contributed by atoms with E-state index in [9.17, 15) is 13.6 Å². The van der Waals surface area contributed by atoms with E-state index in [2.05, 4.69) is 4.74 Å². The summed E-state index contributed by atoms with van der Waals surface area (Å²) in [6, 6.07) is 2.95. The van der Waals surface area contributed by atoms with Gasteiger partial charge in [-0.05, 0) is 6.07 Å². The van der Waals surface area contributed by atoms with Crippen LogP contribution in [0.4, 0.5) is 8.78 Å². The second-order valence-corrected chi connectivity index (χ2v) is 2.66. The first-order chi connectivity index (χ1) is 7.45. The molecular weight excluding hydrogens is 224 g/mol. The number of aromatic carboxylic acids is 1. The van der Waals surface area contributed by atoms with Gasteiger partial charge < -0.3 is 14.9 Å². The fraction of sp³-hybridized carbons (Fsp3) is 0.111. The summed E-state index contributed by atoms with van der Waals surface area (Å²) in [6.07, 6.45) is 0. The molecule has 0 aliphatic rings. The summed E-state index contributed by atoms with van der Waals surface area (Å²) in [6.45, 7) is -3.21.